The summed E-state index contributed by atoms with van der Waals surface area (Å²) < 4.78 is 1.63. The average molecular weight is 432 g/mol. The number of aromatic nitrogens is 3. The number of hydrogen-bond donors (Lipinski definition) is 1. The van der Waals surface area contributed by atoms with Crippen LogP contribution in [-0.2, 0) is 18.3 Å². The van der Waals surface area contributed by atoms with Crippen molar-refractivity contribution in [3.63, 3.8) is 0 Å². The highest BCUT2D eigenvalue weighted by molar-refractivity contribution is 5.94. The molecule has 1 saturated heterocycles. The molecule has 2 amide bonds. The molecule has 32 heavy (non-hydrogen) atoms. The van der Waals surface area contributed by atoms with E-state index in [1.807, 2.05) is 36.1 Å². The lowest BCUT2D eigenvalue weighted by Gasteiger charge is -2.41. The number of likely N-dealkylation sites (tertiary alicyclic amines) is 1. The molecular weight excluding hydrogens is 402 g/mol. The van der Waals surface area contributed by atoms with Gasteiger partial charge in [-0.05, 0) is 55.0 Å². The van der Waals surface area contributed by atoms with Crippen LogP contribution in [0.4, 0.5) is 0 Å². The molecule has 0 spiro atoms. The predicted molar refractivity (Wildman–Crippen MR) is 123 cm³/mol. The second-order valence-electron chi connectivity index (χ2n) is 8.40. The van der Waals surface area contributed by atoms with Crippen molar-refractivity contribution in [2.45, 2.75) is 26.2 Å². The van der Waals surface area contributed by atoms with Crippen molar-refractivity contribution in [3.8, 4) is 11.1 Å². The number of nitrogens with zero attached hydrogens (tertiary/aromatic N) is 4. The Labute approximate surface area is 188 Å². The monoisotopic (exact) mass is 431 g/mol. The summed E-state index contributed by atoms with van der Waals surface area (Å²) in [5.74, 6) is 0.0396. The normalized spacial score (nSPS) is 15.4. The van der Waals surface area contributed by atoms with E-state index in [1.54, 1.807) is 36.5 Å². The van der Waals surface area contributed by atoms with E-state index in [2.05, 4.69) is 27.5 Å². The van der Waals surface area contributed by atoms with Crippen molar-refractivity contribution >= 4 is 11.8 Å². The number of piperidine rings is 1. The molecule has 0 bridgehead atoms. The van der Waals surface area contributed by atoms with E-state index in [1.165, 1.54) is 0 Å². The van der Waals surface area contributed by atoms with E-state index in [9.17, 15) is 9.59 Å². The van der Waals surface area contributed by atoms with Crippen LogP contribution in [0.2, 0.25) is 0 Å². The summed E-state index contributed by atoms with van der Waals surface area (Å²) in [6.07, 6.45) is 8.78. The molecule has 1 aliphatic heterocycles. The van der Waals surface area contributed by atoms with Crippen LogP contribution < -0.4 is 5.32 Å². The fourth-order valence-corrected chi connectivity index (χ4v) is 4.54. The molecule has 0 radical (unpaired) electrons. The van der Waals surface area contributed by atoms with Gasteiger partial charge in [0.1, 0.15) is 0 Å². The first kappa shape index (κ1) is 21.7. The molecule has 0 atom stereocenters. The molecule has 3 heterocycles. The van der Waals surface area contributed by atoms with Crippen molar-refractivity contribution in [3.05, 3.63) is 72.3 Å². The highest BCUT2D eigenvalue weighted by Crippen LogP contribution is 2.38. The van der Waals surface area contributed by atoms with Gasteiger partial charge in [-0.1, -0.05) is 24.3 Å². The standard InChI is InChI=1S/C25H29N5O2/c1-3-27-24(32)25(10-14-30(15-11-25)23(31)21-17-28-29(2)18-21)16-20-6-4-5-7-22(20)19-8-12-26-13-9-19/h4-9,12-13,17-18H,3,10-11,14-16H2,1-2H3,(H,27,32). The lowest BCUT2D eigenvalue weighted by atomic mass is 9.72. The fourth-order valence-electron chi connectivity index (χ4n) is 4.54. The Balaban J connectivity index is 1.58. The van der Waals surface area contributed by atoms with Gasteiger partial charge in [-0.3, -0.25) is 19.3 Å². The van der Waals surface area contributed by atoms with Crippen LogP contribution in [0.1, 0.15) is 35.7 Å². The first-order valence-corrected chi connectivity index (χ1v) is 11.1. The zero-order valence-electron chi connectivity index (χ0n) is 18.6. The third-order valence-electron chi connectivity index (χ3n) is 6.32. The van der Waals surface area contributed by atoms with Crippen LogP contribution in [0.5, 0.6) is 0 Å². The number of pyridine rings is 1. The highest BCUT2D eigenvalue weighted by atomic mass is 16.2. The van der Waals surface area contributed by atoms with Crippen LogP contribution in [-0.4, -0.2) is 51.1 Å². The van der Waals surface area contributed by atoms with Gasteiger partial charge in [-0.2, -0.15) is 5.10 Å². The molecule has 1 aliphatic rings. The van der Waals surface area contributed by atoms with Crippen molar-refractivity contribution in [1.82, 2.24) is 25.0 Å². The zero-order chi connectivity index (χ0) is 22.6. The molecule has 7 nitrogen and oxygen atoms in total. The zero-order valence-corrected chi connectivity index (χ0v) is 18.6. The van der Waals surface area contributed by atoms with Crippen molar-refractivity contribution in [2.75, 3.05) is 19.6 Å². The van der Waals surface area contributed by atoms with Crippen LogP contribution in [0.3, 0.4) is 0 Å². The minimum Gasteiger partial charge on any atom is -0.356 e. The Bertz CT molecular complexity index is 1080. The van der Waals surface area contributed by atoms with E-state index >= 15 is 0 Å². The lowest BCUT2D eigenvalue weighted by Crippen LogP contribution is -2.51. The van der Waals surface area contributed by atoms with Gasteiger partial charge >= 0.3 is 0 Å². The number of carbonyl (C=O) groups excluding carboxylic acids is 2. The van der Waals surface area contributed by atoms with Crippen LogP contribution in [0.15, 0.2) is 61.2 Å². The molecule has 3 aromatic rings. The Morgan fingerprint density at radius 2 is 1.81 bits per heavy atom. The molecular formula is C25H29N5O2. The summed E-state index contributed by atoms with van der Waals surface area (Å²) in [6.45, 7) is 3.62. The minimum atomic E-state index is -0.551. The first-order chi connectivity index (χ1) is 15.5. The molecule has 4 rings (SSSR count). The Hall–Kier alpha value is -3.48. The summed E-state index contributed by atoms with van der Waals surface area (Å²) in [7, 11) is 1.80. The predicted octanol–water partition coefficient (Wildman–Crippen LogP) is 3.08. The molecule has 1 aromatic carbocycles. The van der Waals surface area contributed by atoms with Crippen LogP contribution in [0, 0.1) is 5.41 Å². The van der Waals surface area contributed by atoms with Gasteiger partial charge in [0.05, 0.1) is 17.2 Å². The molecule has 0 aliphatic carbocycles. The summed E-state index contributed by atoms with van der Waals surface area (Å²) in [5, 5.41) is 7.16. The summed E-state index contributed by atoms with van der Waals surface area (Å²) >= 11 is 0. The largest absolute Gasteiger partial charge is 0.356 e. The SMILES string of the molecule is CCNC(=O)C1(Cc2ccccc2-c2ccncc2)CCN(C(=O)c2cnn(C)c2)CC1. The van der Waals surface area contributed by atoms with E-state index < -0.39 is 5.41 Å². The number of amides is 2. The summed E-state index contributed by atoms with van der Waals surface area (Å²) in [5.41, 5.74) is 3.38. The number of carbonyl (C=O) groups is 2. The van der Waals surface area contributed by atoms with E-state index in [4.69, 9.17) is 0 Å². The average Bonchev–Trinajstić information content (AvgIpc) is 3.26. The van der Waals surface area contributed by atoms with Gasteiger partial charge in [0.25, 0.3) is 5.91 Å². The summed E-state index contributed by atoms with van der Waals surface area (Å²) in [4.78, 5) is 32.1. The Kier molecular flexibility index (Phi) is 6.35. The second-order valence-corrected chi connectivity index (χ2v) is 8.40. The van der Waals surface area contributed by atoms with Gasteiger partial charge in [-0.15, -0.1) is 0 Å². The minimum absolute atomic E-state index is 0.0280. The highest BCUT2D eigenvalue weighted by Gasteiger charge is 2.42. The van der Waals surface area contributed by atoms with Crippen LogP contribution in [0.25, 0.3) is 11.1 Å². The number of aryl methyl sites for hydroxylation is 1. The van der Waals surface area contributed by atoms with Gasteiger partial charge in [0, 0.05) is 45.3 Å². The van der Waals surface area contributed by atoms with Crippen molar-refractivity contribution in [2.24, 2.45) is 12.5 Å². The fraction of sp³-hybridized carbons (Fsp3) is 0.360. The Morgan fingerprint density at radius 1 is 1.09 bits per heavy atom. The maximum atomic E-state index is 13.3. The first-order valence-electron chi connectivity index (χ1n) is 11.1. The molecule has 1 N–H and O–H groups in total. The third-order valence-corrected chi connectivity index (χ3v) is 6.32. The van der Waals surface area contributed by atoms with Gasteiger partial charge < -0.3 is 10.2 Å². The molecule has 2 aromatic heterocycles. The molecule has 1 fully saturated rings. The smallest absolute Gasteiger partial charge is 0.257 e. The third kappa shape index (κ3) is 4.42. The molecule has 0 saturated carbocycles. The quantitative estimate of drug-likeness (QED) is 0.650. The van der Waals surface area contributed by atoms with E-state index in [0.717, 1.165) is 16.7 Å². The topological polar surface area (TPSA) is 80.1 Å². The van der Waals surface area contributed by atoms with Crippen molar-refractivity contribution < 1.29 is 9.59 Å². The van der Waals surface area contributed by atoms with Crippen molar-refractivity contribution in [1.29, 1.82) is 0 Å². The molecule has 7 heteroatoms. The van der Waals surface area contributed by atoms with Gasteiger partial charge in [0.15, 0.2) is 0 Å². The van der Waals surface area contributed by atoms with E-state index in [0.29, 0.717) is 44.5 Å². The number of hydrogen-bond acceptors (Lipinski definition) is 4. The number of benzene rings is 1. The van der Waals surface area contributed by atoms with E-state index in [-0.39, 0.29) is 11.8 Å². The maximum absolute atomic E-state index is 13.3. The lowest BCUT2D eigenvalue weighted by molar-refractivity contribution is -0.133. The molecule has 166 valence electrons. The van der Waals surface area contributed by atoms with Gasteiger partial charge in [0.2, 0.25) is 5.91 Å². The van der Waals surface area contributed by atoms with Gasteiger partial charge in [-0.25, -0.2) is 0 Å². The second kappa shape index (κ2) is 9.34. The number of nitrogens with one attached hydrogen (secondary N) is 1. The summed E-state index contributed by atoms with van der Waals surface area (Å²) in [6, 6.07) is 12.2. The molecule has 0 unspecified atom stereocenters. The van der Waals surface area contributed by atoms with Crippen LogP contribution >= 0.6 is 0 Å². The Morgan fingerprint density at radius 3 is 2.47 bits per heavy atom. The maximum Gasteiger partial charge on any atom is 0.257 e. The number of rotatable bonds is 6.